The Labute approximate surface area is 161 Å². The molecule has 1 aromatic carbocycles. The molecule has 1 aliphatic carbocycles. The van der Waals surface area contributed by atoms with Crippen molar-refractivity contribution in [1.82, 2.24) is 9.88 Å². The molecule has 2 aromatic rings. The summed E-state index contributed by atoms with van der Waals surface area (Å²) >= 11 is 0. The maximum absolute atomic E-state index is 11.2. The van der Waals surface area contributed by atoms with Crippen molar-refractivity contribution in [3.8, 4) is 0 Å². The third kappa shape index (κ3) is 4.85. The van der Waals surface area contributed by atoms with Gasteiger partial charge < -0.3 is 10.1 Å². The smallest absolute Gasteiger partial charge is 0.221 e. The van der Waals surface area contributed by atoms with Crippen molar-refractivity contribution >= 4 is 22.5 Å². The van der Waals surface area contributed by atoms with Crippen LogP contribution in [0.25, 0.3) is 10.9 Å². The number of hydrogen-bond acceptors (Lipinski definition) is 4. The lowest BCUT2D eigenvalue weighted by Gasteiger charge is -2.33. The largest absolute Gasteiger partial charge is 0.377 e. The van der Waals surface area contributed by atoms with Crippen LogP contribution in [-0.2, 0) is 16.1 Å². The maximum Gasteiger partial charge on any atom is 0.221 e. The number of nitrogens with zero attached hydrogens (tertiary/aromatic N) is 2. The number of aromatic nitrogens is 1. The Hall–Kier alpha value is -1.98. The van der Waals surface area contributed by atoms with E-state index in [-0.39, 0.29) is 5.91 Å². The number of carbonyl (C=O) groups excluding carboxylic acids is 1. The van der Waals surface area contributed by atoms with E-state index in [0.717, 1.165) is 54.4 Å². The van der Waals surface area contributed by atoms with Crippen LogP contribution in [0.5, 0.6) is 0 Å². The van der Waals surface area contributed by atoms with Gasteiger partial charge in [0.1, 0.15) is 0 Å². The van der Waals surface area contributed by atoms with Crippen molar-refractivity contribution in [2.75, 3.05) is 25.0 Å². The van der Waals surface area contributed by atoms with Gasteiger partial charge in [-0.15, -0.1) is 0 Å². The Bertz CT molecular complexity index is 797. The fraction of sp³-hybridized carbons (Fsp3) is 0.545. The summed E-state index contributed by atoms with van der Waals surface area (Å²) in [6, 6.07) is 10.1. The number of amides is 1. The zero-order valence-electron chi connectivity index (χ0n) is 16.1. The predicted octanol–water partition coefficient (Wildman–Crippen LogP) is 3.97. The minimum atomic E-state index is -0.0558. The van der Waals surface area contributed by atoms with E-state index in [1.54, 1.807) is 0 Å². The summed E-state index contributed by atoms with van der Waals surface area (Å²) in [6.07, 6.45) is 6.85. The highest BCUT2D eigenvalue weighted by atomic mass is 16.5. The zero-order chi connectivity index (χ0) is 18.6. The monoisotopic (exact) mass is 367 g/mol. The number of hydrogen-bond donors (Lipinski definition) is 1. The van der Waals surface area contributed by atoms with Gasteiger partial charge in [-0.3, -0.25) is 14.7 Å². The number of nitrogens with one attached hydrogen (secondary N) is 1. The second-order valence-corrected chi connectivity index (χ2v) is 8.02. The van der Waals surface area contributed by atoms with Gasteiger partial charge >= 0.3 is 0 Å². The zero-order valence-corrected chi connectivity index (χ0v) is 16.1. The topological polar surface area (TPSA) is 54.5 Å². The standard InChI is InChI=1S/C22H29N3O2/c1-16(26)23-19-9-10-22-18(12-19)7-8-20(24-22)14-25(13-17-4-2-5-17)15-21-6-3-11-27-21/h7-10,12,17,21H,2-6,11,13-15H2,1H3,(H,23,26)/t21-/m1/s1. The lowest BCUT2D eigenvalue weighted by Crippen LogP contribution is -2.37. The molecule has 0 unspecified atom stereocenters. The Morgan fingerprint density at radius 3 is 2.78 bits per heavy atom. The van der Waals surface area contributed by atoms with Gasteiger partial charge in [0.15, 0.2) is 0 Å². The molecule has 0 bridgehead atoms. The number of pyridine rings is 1. The summed E-state index contributed by atoms with van der Waals surface area (Å²) < 4.78 is 5.87. The van der Waals surface area contributed by atoms with E-state index >= 15 is 0 Å². The van der Waals surface area contributed by atoms with Crippen LogP contribution in [0, 0.1) is 5.92 Å². The highest BCUT2D eigenvalue weighted by molar-refractivity contribution is 5.92. The van der Waals surface area contributed by atoms with Gasteiger partial charge in [0.2, 0.25) is 5.91 Å². The Balaban J connectivity index is 1.47. The normalized spacial score (nSPS) is 20.1. The number of benzene rings is 1. The van der Waals surface area contributed by atoms with Crippen LogP contribution in [0.2, 0.25) is 0 Å². The molecule has 144 valence electrons. The lowest BCUT2D eigenvalue weighted by molar-refractivity contribution is -0.114. The van der Waals surface area contributed by atoms with Gasteiger partial charge in [-0.1, -0.05) is 12.5 Å². The Morgan fingerprint density at radius 1 is 1.19 bits per heavy atom. The average Bonchev–Trinajstić information content (AvgIpc) is 3.10. The molecule has 0 spiro atoms. The van der Waals surface area contributed by atoms with E-state index in [2.05, 4.69) is 22.3 Å². The molecule has 1 aliphatic heterocycles. The van der Waals surface area contributed by atoms with E-state index in [4.69, 9.17) is 9.72 Å². The van der Waals surface area contributed by atoms with Crippen molar-refractivity contribution in [2.24, 2.45) is 5.92 Å². The van der Waals surface area contributed by atoms with Crippen molar-refractivity contribution < 1.29 is 9.53 Å². The van der Waals surface area contributed by atoms with Crippen LogP contribution < -0.4 is 5.32 Å². The summed E-state index contributed by atoms with van der Waals surface area (Å²) in [5.41, 5.74) is 2.89. The van der Waals surface area contributed by atoms with E-state index in [1.165, 1.54) is 39.0 Å². The third-order valence-corrected chi connectivity index (χ3v) is 5.68. The first-order chi connectivity index (χ1) is 13.2. The van der Waals surface area contributed by atoms with E-state index in [9.17, 15) is 4.79 Å². The van der Waals surface area contributed by atoms with Crippen LogP contribution in [-0.4, -0.2) is 41.6 Å². The van der Waals surface area contributed by atoms with E-state index in [1.807, 2.05) is 18.2 Å². The van der Waals surface area contributed by atoms with Crippen molar-refractivity contribution in [1.29, 1.82) is 0 Å². The van der Waals surface area contributed by atoms with Gasteiger partial charge in [-0.2, -0.15) is 0 Å². The number of rotatable bonds is 7. The van der Waals surface area contributed by atoms with Gasteiger partial charge in [-0.05, 0) is 55.9 Å². The first-order valence-corrected chi connectivity index (χ1v) is 10.2. The third-order valence-electron chi connectivity index (χ3n) is 5.68. The first-order valence-electron chi connectivity index (χ1n) is 10.2. The number of carbonyl (C=O) groups is 1. The molecule has 1 saturated carbocycles. The van der Waals surface area contributed by atoms with Gasteiger partial charge in [0.25, 0.3) is 0 Å². The number of ether oxygens (including phenoxy) is 1. The molecule has 2 aliphatic rings. The van der Waals surface area contributed by atoms with Crippen molar-refractivity contribution in [2.45, 2.75) is 51.7 Å². The van der Waals surface area contributed by atoms with Gasteiger partial charge in [0, 0.05) is 44.2 Å². The molecule has 1 aromatic heterocycles. The summed E-state index contributed by atoms with van der Waals surface area (Å²) in [5.74, 6) is 0.784. The molecule has 1 atom stereocenters. The molecule has 1 N–H and O–H groups in total. The van der Waals surface area contributed by atoms with Crippen LogP contribution >= 0.6 is 0 Å². The molecule has 5 heteroatoms. The molecule has 2 heterocycles. The highest BCUT2D eigenvalue weighted by Crippen LogP contribution is 2.28. The summed E-state index contributed by atoms with van der Waals surface area (Å²) in [5, 5.41) is 3.88. The first kappa shape index (κ1) is 18.4. The summed E-state index contributed by atoms with van der Waals surface area (Å²) in [4.78, 5) is 18.6. The quantitative estimate of drug-likeness (QED) is 0.804. The summed E-state index contributed by atoms with van der Waals surface area (Å²) in [7, 11) is 0. The number of anilines is 1. The molecule has 1 saturated heterocycles. The second kappa shape index (κ2) is 8.36. The molecule has 2 fully saturated rings. The average molecular weight is 367 g/mol. The van der Waals surface area contributed by atoms with Crippen LogP contribution in [0.1, 0.15) is 44.7 Å². The molecular weight excluding hydrogens is 338 g/mol. The number of fused-ring (bicyclic) bond motifs is 1. The van der Waals surface area contributed by atoms with Crippen LogP contribution in [0.15, 0.2) is 30.3 Å². The molecule has 0 radical (unpaired) electrons. The van der Waals surface area contributed by atoms with Crippen LogP contribution in [0.4, 0.5) is 5.69 Å². The van der Waals surface area contributed by atoms with Gasteiger partial charge in [-0.25, -0.2) is 0 Å². The maximum atomic E-state index is 11.2. The van der Waals surface area contributed by atoms with Crippen molar-refractivity contribution in [3.63, 3.8) is 0 Å². The Morgan fingerprint density at radius 2 is 2.07 bits per heavy atom. The molecule has 27 heavy (non-hydrogen) atoms. The Kier molecular flexibility index (Phi) is 5.69. The molecule has 5 nitrogen and oxygen atoms in total. The fourth-order valence-electron chi connectivity index (χ4n) is 4.09. The van der Waals surface area contributed by atoms with Gasteiger partial charge in [0.05, 0.1) is 17.3 Å². The SMILES string of the molecule is CC(=O)Nc1ccc2nc(CN(CC3CCC3)C[C@H]3CCCO3)ccc2c1. The molecular formula is C22H29N3O2. The summed E-state index contributed by atoms with van der Waals surface area (Å²) in [6.45, 7) is 5.47. The minimum Gasteiger partial charge on any atom is -0.377 e. The highest BCUT2D eigenvalue weighted by Gasteiger charge is 2.25. The van der Waals surface area contributed by atoms with E-state index in [0.29, 0.717) is 6.10 Å². The molecule has 1 amide bonds. The molecule has 4 rings (SSSR count). The van der Waals surface area contributed by atoms with E-state index < -0.39 is 0 Å². The fourth-order valence-corrected chi connectivity index (χ4v) is 4.09. The predicted molar refractivity (Wildman–Crippen MR) is 108 cm³/mol. The lowest BCUT2D eigenvalue weighted by atomic mass is 9.85. The second-order valence-electron chi connectivity index (χ2n) is 8.02. The van der Waals surface area contributed by atoms with Crippen molar-refractivity contribution in [3.05, 3.63) is 36.0 Å². The van der Waals surface area contributed by atoms with Crippen LogP contribution in [0.3, 0.4) is 0 Å². The minimum absolute atomic E-state index is 0.0558.